The second kappa shape index (κ2) is 6.05. The highest BCUT2D eigenvalue weighted by molar-refractivity contribution is 7.15. The molecule has 0 fully saturated rings. The van der Waals surface area contributed by atoms with E-state index in [1.165, 1.54) is 5.52 Å². The van der Waals surface area contributed by atoms with E-state index in [4.69, 9.17) is 5.53 Å². The molecule has 0 saturated heterocycles. The largest absolute Gasteiger partial charge is 0.290 e. The summed E-state index contributed by atoms with van der Waals surface area (Å²) < 4.78 is 2.11. The van der Waals surface area contributed by atoms with Crippen LogP contribution in [0.3, 0.4) is 0 Å². The molecule has 0 unspecified atom stereocenters. The van der Waals surface area contributed by atoms with Gasteiger partial charge in [-0.05, 0) is 17.7 Å². The van der Waals surface area contributed by atoms with Gasteiger partial charge in [-0.15, -0.1) is 11.3 Å². The maximum Gasteiger partial charge on any atom is 0.194 e. The highest BCUT2D eigenvalue weighted by Crippen LogP contribution is 2.19. The van der Waals surface area contributed by atoms with E-state index in [1.54, 1.807) is 11.3 Å². The molecular weight excluding hydrogens is 246 g/mol. The van der Waals surface area contributed by atoms with E-state index >= 15 is 0 Å². The summed E-state index contributed by atoms with van der Waals surface area (Å²) in [7, 11) is 0. The minimum Gasteiger partial charge on any atom is -0.290 e. The van der Waals surface area contributed by atoms with E-state index in [-0.39, 0.29) is 0 Å². The van der Waals surface area contributed by atoms with Crippen LogP contribution in [0.25, 0.3) is 26.4 Å². The molecule has 0 spiro atoms. The third kappa shape index (κ3) is 2.61. The summed E-state index contributed by atoms with van der Waals surface area (Å²) in [5.74, 6) is 0. The molecule has 2 heterocycles. The van der Waals surface area contributed by atoms with Crippen LogP contribution in [-0.2, 0) is 0 Å². The fourth-order valence-electron chi connectivity index (χ4n) is 1.55. The molecule has 18 heavy (non-hydrogen) atoms. The Labute approximate surface area is 108 Å². The summed E-state index contributed by atoms with van der Waals surface area (Å²) in [6.07, 6.45) is 2.99. The maximum atomic E-state index is 7.66. The predicted molar refractivity (Wildman–Crippen MR) is 74.9 cm³/mol. The molecule has 0 amide bonds. The number of thiazole rings is 1. The SMILES string of the molecule is CCCN=[N+]=[N-].c1ccc2c(c1)nc1sccn12. The molecule has 0 N–H and O–H groups in total. The number of para-hydroxylation sites is 2. The van der Waals surface area contributed by atoms with Crippen LogP contribution < -0.4 is 0 Å². The summed E-state index contributed by atoms with van der Waals surface area (Å²) >= 11 is 1.66. The zero-order chi connectivity index (χ0) is 12.8. The van der Waals surface area contributed by atoms with E-state index in [9.17, 15) is 0 Å². The second-order valence-corrected chi connectivity index (χ2v) is 4.48. The minimum atomic E-state index is 0.622. The van der Waals surface area contributed by atoms with Crippen LogP contribution in [0.5, 0.6) is 0 Å². The predicted octanol–water partition coefficient (Wildman–Crippen LogP) is 4.26. The summed E-state index contributed by atoms with van der Waals surface area (Å²) in [6, 6.07) is 8.17. The summed E-state index contributed by atoms with van der Waals surface area (Å²) in [6.45, 7) is 2.59. The Balaban J connectivity index is 0.000000174. The van der Waals surface area contributed by atoms with Crippen LogP contribution in [0.4, 0.5) is 0 Å². The first-order valence-corrected chi connectivity index (χ1v) is 6.56. The Morgan fingerprint density at radius 2 is 2.28 bits per heavy atom. The number of fused-ring (bicyclic) bond motifs is 3. The lowest BCUT2D eigenvalue weighted by atomic mass is 10.3. The molecule has 3 aromatic rings. The Hall–Kier alpha value is -2.04. The molecule has 6 heteroatoms. The van der Waals surface area contributed by atoms with E-state index in [0.717, 1.165) is 16.9 Å². The lowest BCUT2D eigenvalue weighted by Crippen LogP contribution is -1.73. The third-order valence-corrected chi connectivity index (χ3v) is 3.09. The van der Waals surface area contributed by atoms with Crippen molar-refractivity contribution in [2.24, 2.45) is 5.11 Å². The van der Waals surface area contributed by atoms with Crippen molar-refractivity contribution in [3.05, 3.63) is 46.3 Å². The fourth-order valence-corrected chi connectivity index (χ4v) is 2.27. The van der Waals surface area contributed by atoms with Gasteiger partial charge in [0.2, 0.25) is 0 Å². The lowest BCUT2D eigenvalue weighted by molar-refractivity contribution is 0.922. The molecule has 5 nitrogen and oxygen atoms in total. The third-order valence-electron chi connectivity index (χ3n) is 2.33. The first-order chi connectivity index (χ1) is 8.86. The Morgan fingerprint density at radius 3 is 3.00 bits per heavy atom. The number of azide groups is 1. The van der Waals surface area contributed by atoms with Crippen LogP contribution in [0.15, 0.2) is 41.0 Å². The first kappa shape index (κ1) is 12.4. The van der Waals surface area contributed by atoms with Crippen LogP contribution in [0, 0.1) is 0 Å². The highest BCUT2D eigenvalue weighted by atomic mass is 32.1. The number of aromatic nitrogens is 2. The van der Waals surface area contributed by atoms with Crippen molar-refractivity contribution in [1.29, 1.82) is 0 Å². The van der Waals surface area contributed by atoms with Crippen LogP contribution in [-0.4, -0.2) is 15.9 Å². The van der Waals surface area contributed by atoms with Crippen LogP contribution in [0.1, 0.15) is 13.3 Å². The van der Waals surface area contributed by atoms with Crippen molar-refractivity contribution in [3.63, 3.8) is 0 Å². The molecule has 1 aromatic carbocycles. The monoisotopic (exact) mass is 259 g/mol. The summed E-state index contributed by atoms with van der Waals surface area (Å²) in [4.78, 5) is 8.07. The van der Waals surface area contributed by atoms with Gasteiger partial charge in [0.05, 0.1) is 11.0 Å². The quantitative estimate of drug-likeness (QED) is 0.385. The molecule has 0 aliphatic rings. The Kier molecular flexibility index (Phi) is 4.17. The summed E-state index contributed by atoms with van der Waals surface area (Å²) in [5.41, 5.74) is 9.92. The zero-order valence-electron chi connectivity index (χ0n) is 10.0. The van der Waals surface area contributed by atoms with E-state index < -0.39 is 0 Å². The number of rotatable bonds is 2. The molecule has 0 radical (unpaired) electrons. The number of hydrogen-bond acceptors (Lipinski definition) is 3. The number of benzene rings is 1. The topological polar surface area (TPSA) is 66.1 Å². The average molecular weight is 259 g/mol. The van der Waals surface area contributed by atoms with Gasteiger partial charge in [-0.1, -0.05) is 30.6 Å². The number of imidazole rings is 1. The Morgan fingerprint density at radius 1 is 1.44 bits per heavy atom. The van der Waals surface area contributed by atoms with Gasteiger partial charge in [-0.2, -0.15) is 0 Å². The molecule has 2 aromatic heterocycles. The molecule has 0 aliphatic carbocycles. The fraction of sp³-hybridized carbons (Fsp3) is 0.250. The maximum absolute atomic E-state index is 7.66. The van der Waals surface area contributed by atoms with E-state index in [2.05, 4.69) is 37.1 Å². The van der Waals surface area contributed by atoms with E-state index in [1.807, 2.05) is 25.1 Å². The Bertz CT molecular complexity index is 677. The molecular formula is C12H13N5S. The zero-order valence-corrected chi connectivity index (χ0v) is 10.8. The number of nitrogens with zero attached hydrogens (tertiary/aromatic N) is 5. The van der Waals surface area contributed by atoms with Crippen molar-refractivity contribution in [3.8, 4) is 0 Å². The van der Waals surface area contributed by atoms with Gasteiger partial charge in [-0.25, -0.2) is 4.98 Å². The van der Waals surface area contributed by atoms with Crippen LogP contribution >= 0.6 is 11.3 Å². The smallest absolute Gasteiger partial charge is 0.194 e. The van der Waals surface area contributed by atoms with Crippen LogP contribution in [0.2, 0.25) is 0 Å². The van der Waals surface area contributed by atoms with Crippen molar-refractivity contribution >= 4 is 27.3 Å². The van der Waals surface area contributed by atoms with Crippen molar-refractivity contribution in [2.75, 3.05) is 6.54 Å². The van der Waals surface area contributed by atoms with Gasteiger partial charge in [-0.3, -0.25) is 4.40 Å². The lowest BCUT2D eigenvalue weighted by Gasteiger charge is -1.86. The minimum absolute atomic E-state index is 0.622. The second-order valence-electron chi connectivity index (χ2n) is 3.61. The van der Waals surface area contributed by atoms with E-state index in [0.29, 0.717) is 6.54 Å². The van der Waals surface area contributed by atoms with Gasteiger partial charge < -0.3 is 0 Å². The molecule has 0 aliphatic heterocycles. The standard InChI is InChI=1S/C9H6N2S.C3H7N3/c1-2-4-8-7(3-1)10-9-11(8)5-6-12-9;1-2-3-5-6-4/h1-6H;2-3H2,1H3. The average Bonchev–Trinajstić information content (AvgIpc) is 2.97. The molecule has 0 saturated carbocycles. The molecule has 92 valence electrons. The normalized spacial score (nSPS) is 9.83. The molecule has 3 rings (SSSR count). The van der Waals surface area contributed by atoms with Gasteiger partial charge in [0.25, 0.3) is 0 Å². The van der Waals surface area contributed by atoms with Crippen molar-refractivity contribution < 1.29 is 0 Å². The van der Waals surface area contributed by atoms with Crippen molar-refractivity contribution in [2.45, 2.75) is 13.3 Å². The first-order valence-electron chi connectivity index (χ1n) is 5.68. The highest BCUT2D eigenvalue weighted by Gasteiger charge is 2.02. The van der Waals surface area contributed by atoms with Crippen molar-refractivity contribution in [1.82, 2.24) is 9.38 Å². The summed E-state index contributed by atoms with van der Waals surface area (Å²) in [5, 5.41) is 5.32. The van der Waals surface area contributed by atoms with Gasteiger partial charge >= 0.3 is 0 Å². The molecule has 0 atom stereocenters. The number of hydrogen-bond donors (Lipinski definition) is 0. The molecule has 0 bridgehead atoms. The van der Waals surface area contributed by atoms with Gasteiger partial charge in [0.1, 0.15) is 0 Å². The van der Waals surface area contributed by atoms with Gasteiger partial charge in [0.15, 0.2) is 4.96 Å². The van der Waals surface area contributed by atoms with Gasteiger partial charge in [0, 0.05) is 23.0 Å².